The predicted molar refractivity (Wildman–Crippen MR) is 55.8 cm³/mol. The van der Waals surface area contributed by atoms with Crippen LogP contribution < -0.4 is 0 Å². The summed E-state index contributed by atoms with van der Waals surface area (Å²) in [6.45, 7) is 9.33. The molecular weight excluding hydrogens is 131 g/mol. The number of hydrogen-bond donors (Lipinski definition) is 0. The molecule has 0 aromatic carbocycles. The standard InChI is InChI=1S/C10H23B/c1-5-7-9(3)11-10(4)8-6-2/h9-11H,5-8H2,1-4H3. The molecule has 2 atom stereocenters. The van der Waals surface area contributed by atoms with Gasteiger partial charge in [0, 0.05) is 0 Å². The Hall–Kier alpha value is 0.0649. The molecule has 1 heteroatoms. The van der Waals surface area contributed by atoms with Crippen molar-refractivity contribution in [2.24, 2.45) is 0 Å². The molecule has 0 aromatic heterocycles. The maximum absolute atomic E-state index is 2.38. The van der Waals surface area contributed by atoms with Crippen molar-refractivity contribution in [2.45, 2.75) is 65.0 Å². The third-order valence-electron chi connectivity index (χ3n) is 2.37. The largest absolute Gasteiger partial charge is 0.126 e. The molecule has 0 saturated heterocycles. The Morgan fingerprint density at radius 3 is 1.55 bits per heavy atom. The first-order chi connectivity index (χ1) is 5.20. The van der Waals surface area contributed by atoms with Gasteiger partial charge in [0.05, 0.1) is 0 Å². The van der Waals surface area contributed by atoms with Crippen LogP contribution in [0.1, 0.15) is 53.4 Å². The van der Waals surface area contributed by atoms with Crippen LogP contribution >= 0.6 is 0 Å². The van der Waals surface area contributed by atoms with Crippen molar-refractivity contribution in [2.75, 3.05) is 0 Å². The molecule has 2 unspecified atom stereocenters. The molecule has 0 spiro atoms. The van der Waals surface area contributed by atoms with Gasteiger partial charge in [0.2, 0.25) is 0 Å². The highest BCUT2D eigenvalue weighted by Crippen LogP contribution is 2.20. The summed E-state index contributed by atoms with van der Waals surface area (Å²) in [7, 11) is 1.43. The molecule has 0 amide bonds. The second-order valence-electron chi connectivity index (χ2n) is 4.02. The molecule has 0 N–H and O–H groups in total. The summed E-state index contributed by atoms with van der Waals surface area (Å²) in [5, 5.41) is 0. The Kier molecular flexibility index (Phi) is 6.80. The highest BCUT2D eigenvalue weighted by molar-refractivity contribution is 6.39. The highest BCUT2D eigenvalue weighted by atomic mass is 14.0. The van der Waals surface area contributed by atoms with Crippen LogP contribution in [-0.4, -0.2) is 7.28 Å². The molecule has 0 heterocycles. The fourth-order valence-electron chi connectivity index (χ4n) is 1.91. The summed E-state index contributed by atoms with van der Waals surface area (Å²) in [6, 6.07) is 0. The summed E-state index contributed by atoms with van der Waals surface area (Å²) in [6.07, 6.45) is 5.52. The molecule has 0 aromatic rings. The maximum atomic E-state index is 2.38. The van der Waals surface area contributed by atoms with Gasteiger partial charge < -0.3 is 0 Å². The molecule has 0 nitrogen and oxygen atoms in total. The second-order valence-corrected chi connectivity index (χ2v) is 4.02. The van der Waals surface area contributed by atoms with Gasteiger partial charge in [-0.1, -0.05) is 65.0 Å². The van der Waals surface area contributed by atoms with Gasteiger partial charge in [0.15, 0.2) is 0 Å². The summed E-state index contributed by atoms with van der Waals surface area (Å²) in [5.74, 6) is 1.89. The van der Waals surface area contributed by atoms with Crippen LogP contribution in [0.25, 0.3) is 0 Å². The second kappa shape index (κ2) is 6.76. The van der Waals surface area contributed by atoms with Crippen molar-refractivity contribution >= 4 is 7.28 Å². The van der Waals surface area contributed by atoms with E-state index in [1.807, 2.05) is 0 Å². The molecular formula is C10H23B. The molecule has 0 bridgehead atoms. The molecule has 0 fully saturated rings. The van der Waals surface area contributed by atoms with E-state index in [1.165, 1.54) is 33.0 Å². The Balaban J connectivity index is 3.32. The van der Waals surface area contributed by atoms with Gasteiger partial charge >= 0.3 is 0 Å². The SMILES string of the molecule is CCCC(C)BC(C)CCC. The zero-order valence-corrected chi connectivity index (χ0v) is 8.69. The Bertz CT molecular complexity index is 70.9. The Labute approximate surface area is 73.0 Å². The monoisotopic (exact) mass is 154 g/mol. The molecule has 0 rings (SSSR count). The van der Waals surface area contributed by atoms with Gasteiger partial charge in [0.25, 0.3) is 0 Å². The Morgan fingerprint density at radius 1 is 0.909 bits per heavy atom. The highest BCUT2D eigenvalue weighted by Gasteiger charge is 2.08. The van der Waals surface area contributed by atoms with E-state index in [-0.39, 0.29) is 0 Å². The quantitative estimate of drug-likeness (QED) is 0.512. The van der Waals surface area contributed by atoms with Crippen LogP contribution in [0.2, 0.25) is 11.6 Å². The molecule has 0 radical (unpaired) electrons. The van der Waals surface area contributed by atoms with Crippen molar-refractivity contribution in [3.63, 3.8) is 0 Å². The minimum absolute atomic E-state index is 0.946. The van der Waals surface area contributed by atoms with E-state index < -0.39 is 0 Å². The smallest absolute Gasteiger partial charge is 0.0694 e. The minimum atomic E-state index is 0.946. The normalized spacial score (nSPS) is 16.0. The summed E-state index contributed by atoms with van der Waals surface area (Å²) < 4.78 is 0. The fourth-order valence-corrected chi connectivity index (χ4v) is 1.91. The van der Waals surface area contributed by atoms with Crippen molar-refractivity contribution in [1.82, 2.24) is 0 Å². The van der Waals surface area contributed by atoms with Crippen molar-refractivity contribution in [3.8, 4) is 0 Å². The van der Waals surface area contributed by atoms with Crippen molar-refractivity contribution < 1.29 is 0 Å². The molecule has 0 aliphatic carbocycles. The van der Waals surface area contributed by atoms with E-state index in [9.17, 15) is 0 Å². The van der Waals surface area contributed by atoms with Crippen LogP contribution in [0, 0.1) is 0 Å². The number of hydrogen-bond acceptors (Lipinski definition) is 0. The summed E-state index contributed by atoms with van der Waals surface area (Å²) in [4.78, 5) is 0. The van der Waals surface area contributed by atoms with Gasteiger partial charge in [-0.3, -0.25) is 0 Å². The first-order valence-electron chi connectivity index (χ1n) is 5.20. The third kappa shape index (κ3) is 6.46. The summed E-state index contributed by atoms with van der Waals surface area (Å²) >= 11 is 0. The van der Waals surface area contributed by atoms with Crippen LogP contribution in [0.4, 0.5) is 0 Å². The van der Waals surface area contributed by atoms with Gasteiger partial charge in [0.1, 0.15) is 7.28 Å². The van der Waals surface area contributed by atoms with E-state index >= 15 is 0 Å². The van der Waals surface area contributed by atoms with Gasteiger partial charge in [-0.2, -0.15) is 0 Å². The van der Waals surface area contributed by atoms with Crippen molar-refractivity contribution in [3.05, 3.63) is 0 Å². The van der Waals surface area contributed by atoms with E-state index in [0.717, 1.165) is 11.6 Å². The third-order valence-corrected chi connectivity index (χ3v) is 2.37. The van der Waals surface area contributed by atoms with E-state index in [1.54, 1.807) is 0 Å². The lowest BCUT2D eigenvalue weighted by atomic mass is 9.54. The molecule has 66 valence electrons. The average molecular weight is 154 g/mol. The maximum Gasteiger partial charge on any atom is 0.126 e. The van der Waals surface area contributed by atoms with E-state index in [4.69, 9.17) is 0 Å². The van der Waals surface area contributed by atoms with Crippen molar-refractivity contribution in [1.29, 1.82) is 0 Å². The van der Waals surface area contributed by atoms with Gasteiger partial charge in [-0.15, -0.1) is 0 Å². The van der Waals surface area contributed by atoms with Gasteiger partial charge in [-0.05, 0) is 0 Å². The first kappa shape index (κ1) is 11.1. The molecule has 11 heavy (non-hydrogen) atoms. The van der Waals surface area contributed by atoms with Crippen LogP contribution in [0.15, 0.2) is 0 Å². The van der Waals surface area contributed by atoms with E-state index in [0.29, 0.717) is 0 Å². The molecule has 0 aliphatic rings. The molecule has 0 saturated carbocycles. The molecule has 0 aliphatic heterocycles. The lowest BCUT2D eigenvalue weighted by Crippen LogP contribution is -2.05. The lowest BCUT2D eigenvalue weighted by molar-refractivity contribution is 0.715. The first-order valence-corrected chi connectivity index (χ1v) is 5.20. The van der Waals surface area contributed by atoms with Crippen LogP contribution in [0.3, 0.4) is 0 Å². The fraction of sp³-hybridized carbons (Fsp3) is 1.00. The van der Waals surface area contributed by atoms with Crippen LogP contribution in [0.5, 0.6) is 0 Å². The van der Waals surface area contributed by atoms with Gasteiger partial charge in [-0.25, -0.2) is 0 Å². The topological polar surface area (TPSA) is 0 Å². The number of rotatable bonds is 6. The Morgan fingerprint density at radius 2 is 1.27 bits per heavy atom. The lowest BCUT2D eigenvalue weighted by Gasteiger charge is -2.13. The summed E-state index contributed by atoms with van der Waals surface area (Å²) in [5.41, 5.74) is 0. The average Bonchev–Trinajstić information content (AvgIpc) is 1.87. The minimum Gasteiger partial charge on any atom is -0.0694 e. The zero-order chi connectivity index (χ0) is 8.69. The van der Waals surface area contributed by atoms with Crippen LogP contribution in [-0.2, 0) is 0 Å². The zero-order valence-electron chi connectivity index (χ0n) is 8.69. The van der Waals surface area contributed by atoms with E-state index in [2.05, 4.69) is 27.7 Å². The predicted octanol–water partition coefficient (Wildman–Crippen LogP) is 3.64.